The minimum Gasteiger partial charge on any atom is -0.495 e. The first kappa shape index (κ1) is 20.6. The molecule has 3 aromatic rings. The van der Waals surface area contributed by atoms with Crippen LogP contribution in [-0.4, -0.2) is 53.7 Å². The number of nitrogens with one attached hydrogen (secondary N) is 2. The molecule has 1 fully saturated rings. The average Bonchev–Trinajstić information content (AvgIpc) is 3.42. The van der Waals surface area contributed by atoms with E-state index in [0.717, 1.165) is 5.56 Å². The van der Waals surface area contributed by atoms with Crippen molar-refractivity contribution in [2.24, 2.45) is 0 Å². The SMILES string of the molecule is COc1c(C(=O)NC2(C(=O)N(C)C)CC2)ccc2n[nH]c(/C=C/c3ccc(F)cc3)c12. The highest BCUT2D eigenvalue weighted by atomic mass is 19.1. The van der Waals surface area contributed by atoms with Crippen molar-refractivity contribution in [1.29, 1.82) is 0 Å². The normalized spacial score (nSPS) is 14.6. The van der Waals surface area contributed by atoms with Crippen LogP contribution in [0.2, 0.25) is 0 Å². The highest BCUT2D eigenvalue weighted by Gasteiger charge is 2.52. The van der Waals surface area contributed by atoms with Crippen LogP contribution < -0.4 is 10.1 Å². The second-order valence-corrected chi connectivity index (χ2v) is 7.80. The Balaban J connectivity index is 1.68. The van der Waals surface area contributed by atoms with Gasteiger partial charge in [-0.05, 0) is 48.7 Å². The van der Waals surface area contributed by atoms with Crippen molar-refractivity contribution in [3.05, 3.63) is 59.0 Å². The first-order valence-corrected chi connectivity index (χ1v) is 9.87. The summed E-state index contributed by atoms with van der Waals surface area (Å²) in [5, 5.41) is 10.8. The summed E-state index contributed by atoms with van der Waals surface area (Å²) in [7, 11) is 4.84. The predicted molar refractivity (Wildman–Crippen MR) is 116 cm³/mol. The largest absolute Gasteiger partial charge is 0.495 e. The first-order valence-electron chi connectivity index (χ1n) is 9.87. The van der Waals surface area contributed by atoms with Gasteiger partial charge in [0.15, 0.2) is 0 Å². The van der Waals surface area contributed by atoms with E-state index in [4.69, 9.17) is 4.74 Å². The van der Waals surface area contributed by atoms with E-state index in [0.29, 0.717) is 40.8 Å². The number of halogens is 1. The highest BCUT2D eigenvalue weighted by Crippen LogP contribution is 2.38. The van der Waals surface area contributed by atoms with Gasteiger partial charge in [-0.25, -0.2) is 4.39 Å². The minimum atomic E-state index is -0.845. The Morgan fingerprint density at radius 3 is 2.48 bits per heavy atom. The molecule has 1 aromatic heterocycles. The lowest BCUT2D eigenvalue weighted by Crippen LogP contribution is -2.48. The van der Waals surface area contributed by atoms with Crippen molar-refractivity contribution in [2.75, 3.05) is 21.2 Å². The van der Waals surface area contributed by atoms with Crippen molar-refractivity contribution < 1.29 is 18.7 Å². The first-order chi connectivity index (χ1) is 14.8. The minimum absolute atomic E-state index is 0.118. The lowest BCUT2D eigenvalue weighted by molar-refractivity contribution is -0.131. The molecule has 1 saturated carbocycles. The molecule has 1 aliphatic rings. The summed E-state index contributed by atoms with van der Waals surface area (Å²) in [6.07, 6.45) is 4.83. The fourth-order valence-corrected chi connectivity index (χ4v) is 3.60. The van der Waals surface area contributed by atoms with Gasteiger partial charge in [-0.3, -0.25) is 14.7 Å². The predicted octanol–water partition coefficient (Wildman–Crippen LogP) is 3.23. The van der Waals surface area contributed by atoms with E-state index in [-0.39, 0.29) is 17.6 Å². The fraction of sp³-hybridized carbons (Fsp3) is 0.261. The monoisotopic (exact) mass is 422 g/mol. The number of amides is 2. The van der Waals surface area contributed by atoms with Crippen molar-refractivity contribution >= 4 is 34.9 Å². The molecular formula is C23H23FN4O3. The second-order valence-electron chi connectivity index (χ2n) is 7.80. The Kier molecular flexibility index (Phi) is 5.22. The van der Waals surface area contributed by atoms with Crippen LogP contribution in [0.5, 0.6) is 5.75 Å². The summed E-state index contributed by atoms with van der Waals surface area (Å²) in [4.78, 5) is 27.0. The molecule has 0 unspecified atom stereocenters. The third kappa shape index (κ3) is 3.88. The van der Waals surface area contributed by atoms with Crippen LogP contribution in [0, 0.1) is 5.82 Å². The van der Waals surface area contributed by atoms with Crippen LogP contribution >= 0.6 is 0 Å². The molecule has 0 aliphatic heterocycles. The van der Waals surface area contributed by atoms with Gasteiger partial charge in [0.05, 0.1) is 29.3 Å². The molecular weight excluding hydrogens is 399 g/mol. The van der Waals surface area contributed by atoms with E-state index in [2.05, 4.69) is 15.5 Å². The van der Waals surface area contributed by atoms with Gasteiger partial charge in [0.2, 0.25) is 5.91 Å². The molecule has 7 nitrogen and oxygen atoms in total. The maximum atomic E-state index is 13.1. The number of hydrogen-bond donors (Lipinski definition) is 2. The molecule has 31 heavy (non-hydrogen) atoms. The maximum Gasteiger partial charge on any atom is 0.255 e. The summed E-state index contributed by atoms with van der Waals surface area (Å²) >= 11 is 0. The summed E-state index contributed by atoms with van der Waals surface area (Å²) in [6.45, 7) is 0. The van der Waals surface area contributed by atoms with Gasteiger partial charge < -0.3 is 15.0 Å². The molecule has 4 rings (SSSR count). The number of H-pyrrole nitrogens is 1. The molecule has 1 aliphatic carbocycles. The van der Waals surface area contributed by atoms with Crippen LogP contribution in [0.3, 0.4) is 0 Å². The number of aromatic nitrogens is 2. The van der Waals surface area contributed by atoms with Crippen LogP contribution in [0.25, 0.3) is 23.1 Å². The molecule has 0 bridgehead atoms. The summed E-state index contributed by atoms with van der Waals surface area (Å²) in [5.41, 5.74) is 1.58. The molecule has 8 heteroatoms. The van der Waals surface area contributed by atoms with Crippen LogP contribution in [-0.2, 0) is 4.79 Å². The van der Waals surface area contributed by atoms with E-state index >= 15 is 0 Å². The molecule has 1 heterocycles. The smallest absolute Gasteiger partial charge is 0.255 e. The molecule has 0 spiro atoms. The number of benzene rings is 2. The van der Waals surface area contributed by atoms with Gasteiger partial charge in [0.1, 0.15) is 17.1 Å². The Labute approximate surface area is 178 Å². The third-order valence-corrected chi connectivity index (χ3v) is 5.38. The summed E-state index contributed by atoms with van der Waals surface area (Å²) < 4.78 is 18.7. The average molecular weight is 422 g/mol. The Bertz CT molecular complexity index is 1180. The summed E-state index contributed by atoms with van der Waals surface area (Å²) in [6, 6.07) is 9.47. The van der Waals surface area contributed by atoms with Gasteiger partial charge >= 0.3 is 0 Å². The number of carbonyl (C=O) groups excluding carboxylic acids is 2. The molecule has 0 atom stereocenters. The number of methoxy groups -OCH3 is 1. The van der Waals surface area contributed by atoms with E-state index in [1.165, 1.54) is 24.1 Å². The molecule has 2 amide bonds. The molecule has 160 valence electrons. The number of carbonyl (C=O) groups is 2. The zero-order chi connectivity index (χ0) is 22.2. The van der Waals surface area contributed by atoms with Gasteiger partial charge in [0.25, 0.3) is 5.91 Å². The Hall–Kier alpha value is -3.68. The van der Waals surface area contributed by atoms with E-state index in [9.17, 15) is 14.0 Å². The maximum absolute atomic E-state index is 13.1. The number of ether oxygens (including phenoxy) is 1. The number of rotatable bonds is 6. The van der Waals surface area contributed by atoms with Crippen LogP contribution in [0.15, 0.2) is 36.4 Å². The fourth-order valence-electron chi connectivity index (χ4n) is 3.60. The number of fused-ring (bicyclic) bond motifs is 1. The standard InChI is InChI=1S/C23H23FN4O3/c1-28(2)22(30)23(12-13-23)25-21(29)16-9-11-18-19(20(16)31-3)17(26-27-18)10-6-14-4-7-15(24)8-5-14/h4-11H,12-13H2,1-3H3,(H,25,29)(H,26,27)/b10-6+. The summed E-state index contributed by atoms with van der Waals surface area (Å²) in [5.74, 6) is -0.425. The zero-order valence-electron chi connectivity index (χ0n) is 17.5. The van der Waals surface area contributed by atoms with E-state index in [1.54, 1.807) is 44.4 Å². The quantitative estimate of drug-likeness (QED) is 0.639. The van der Waals surface area contributed by atoms with Gasteiger partial charge in [-0.1, -0.05) is 18.2 Å². The van der Waals surface area contributed by atoms with E-state index < -0.39 is 5.54 Å². The lowest BCUT2D eigenvalue weighted by Gasteiger charge is -2.21. The van der Waals surface area contributed by atoms with Crippen molar-refractivity contribution in [3.8, 4) is 5.75 Å². The molecule has 0 radical (unpaired) electrons. The zero-order valence-corrected chi connectivity index (χ0v) is 17.5. The molecule has 2 N–H and O–H groups in total. The Morgan fingerprint density at radius 1 is 1.16 bits per heavy atom. The molecule has 2 aromatic carbocycles. The topological polar surface area (TPSA) is 87.3 Å². The third-order valence-electron chi connectivity index (χ3n) is 5.38. The van der Waals surface area contributed by atoms with Crippen LogP contribution in [0.4, 0.5) is 4.39 Å². The lowest BCUT2D eigenvalue weighted by atomic mass is 10.1. The van der Waals surface area contributed by atoms with Gasteiger partial charge in [0, 0.05) is 14.1 Å². The number of aromatic amines is 1. The van der Waals surface area contributed by atoms with Crippen LogP contribution in [0.1, 0.15) is 34.5 Å². The number of nitrogens with zero attached hydrogens (tertiary/aromatic N) is 2. The van der Waals surface area contributed by atoms with Gasteiger partial charge in [-0.2, -0.15) is 5.10 Å². The second kappa shape index (κ2) is 7.86. The van der Waals surface area contributed by atoms with Crippen molar-refractivity contribution in [1.82, 2.24) is 20.4 Å². The Morgan fingerprint density at radius 2 is 1.87 bits per heavy atom. The van der Waals surface area contributed by atoms with Crippen molar-refractivity contribution in [2.45, 2.75) is 18.4 Å². The molecule has 0 saturated heterocycles. The van der Waals surface area contributed by atoms with Gasteiger partial charge in [-0.15, -0.1) is 0 Å². The highest BCUT2D eigenvalue weighted by molar-refractivity contribution is 6.07. The van der Waals surface area contributed by atoms with Crippen molar-refractivity contribution in [3.63, 3.8) is 0 Å². The number of hydrogen-bond acceptors (Lipinski definition) is 4. The van der Waals surface area contributed by atoms with E-state index in [1.807, 2.05) is 6.08 Å². The number of likely N-dealkylation sites (N-methyl/N-ethyl adjacent to an activating group) is 1.